The van der Waals surface area contributed by atoms with Gasteiger partial charge in [-0.3, -0.25) is 4.79 Å². The van der Waals surface area contributed by atoms with Crippen molar-refractivity contribution in [2.45, 2.75) is 6.92 Å². The van der Waals surface area contributed by atoms with Crippen LogP contribution in [0, 0.1) is 11.3 Å². The minimum Gasteiger partial charge on any atom is -0.339 e. The summed E-state index contributed by atoms with van der Waals surface area (Å²) in [5, 5.41) is 11.9. The lowest BCUT2D eigenvalue weighted by atomic mass is 10.1. The molecule has 5 nitrogen and oxygen atoms in total. The second-order valence-electron chi connectivity index (χ2n) is 3.66. The zero-order chi connectivity index (χ0) is 13.0. The molecule has 0 saturated heterocycles. The summed E-state index contributed by atoms with van der Waals surface area (Å²) in [6.07, 6.45) is 2.79. The maximum atomic E-state index is 11.3. The van der Waals surface area contributed by atoms with Crippen molar-refractivity contribution in [3.8, 4) is 6.07 Å². The molecule has 0 fully saturated rings. The SMILES string of the molecule is CC(=O)c1cccc(Nc2ncncc2C#N)c1. The lowest BCUT2D eigenvalue weighted by molar-refractivity contribution is 0.101. The molecule has 2 aromatic rings. The molecular formula is C13H10N4O. The van der Waals surface area contributed by atoms with E-state index in [0.717, 1.165) is 0 Å². The van der Waals surface area contributed by atoms with E-state index in [1.54, 1.807) is 24.3 Å². The van der Waals surface area contributed by atoms with Gasteiger partial charge in [0.25, 0.3) is 0 Å². The Labute approximate surface area is 104 Å². The zero-order valence-electron chi connectivity index (χ0n) is 9.71. The van der Waals surface area contributed by atoms with E-state index in [1.165, 1.54) is 19.4 Å². The molecule has 0 radical (unpaired) electrons. The third-order valence-electron chi connectivity index (χ3n) is 2.36. The summed E-state index contributed by atoms with van der Waals surface area (Å²) in [5.74, 6) is 0.412. The van der Waals surface area contributed by atoms with Gasteiger partial charge in [-0.2, -0.15) is 5.26 Å². The number of benzene rings is 1. The van der Waals surface area contributed by atoms with Crippen molar-refractivity contribution in [1.29, 1.82) is 5.26 Å². The van der Waals surface area contributed by atoms with E-state index < -0.39 is 0 Å². The molecule has 0 spiro atoms. The number of hydrogen-bond donors (Lipinski definition) is 1. The highest BCUT2D eigenvalue weighted by molar-refractivity contribution is 5.95. The highest BCUT2D eigenvalue weighted by atomic mass is 16.1. The molecule has 0 aliphatic heterocycles. The van der Waals surface area contributed by atoms with Gasteiger partial charge in [0.05, 0.1) is 6.20 Å². The smallest absolute Gasteiger partial charge is 0.159 e. The van der Waals surface area contributed by atoms with Crippen molar-refractivity contribution in [2.24, 2.45) is 0 Å². The maximum absolute atomic E-state index is 11.3. The number of carbonyl (C=O) groups is 1. The monoisotopic (exact) mass is 238 g/mol. The quantitative estimate of drug-likeness (QED) is 0.830. The Balaban J connectivity index is 2.32. The third kappa shape index (κ3) is 2.50. The van der Waals surface area contributed by atoms with Gasteiger partial charge in [-0.15, -0.1) is 0 Å². The van der Waals surface area contributed by atoms with Gasteiger partial charge < -0.3 is 5.32 Å². The molecule has 0 saturated carbocycles. The van der Waals surface area contributed by atoms with E-state index in [9.17, 15) is 4.79 Å². The normalized spacial score (nSPS) is 9.56. The van der Waals surface area contributed by atoms with Crippen LogP contribution < -0.4 is 5.32 Å². The third-order valence-corrected chi connectivity index (χ3v) is 2.36. The second kappa shape index (κ2) is 5.06. The predicted octanol–water partition coefficient (Wildman–Crippen LogP) is 2.29. The van der Waals surface area contributed by atoms with Crippen molar-refractivity contribution in [3.63, 3.8) is 0 Å². The lowest BCUT2D eigenvalue weighted by Gasteiger charge is -2.07. The van der Waals surface area contributed by atoms with E-state index in [-0.39, 0.29) is 5.78 Å². The largest absolute Gasteiger partial charge is 0.339 e. The summed E-state index contributed by atoms with van der Waals surface area (Å²) in [4.78, 5) is 19.0. The van der Waals surface area contributed by atoms with Crippen molar-refractivity contribution >= 4 is 17.3 Å². The molecule has 0 unspecified atom stereocenters. The summed E-state index contributed by atoms with van der Waals surface area (Å²) in [6.45, 7) is 1.50. The molecule has 5 heteroatoms. The van der Waals surface area contributed by atoms with Gasteiger partial charge in [-0.25, -0.2) is 9.97 Å². The van der Waals surface area contributed by atoms with Gasteiger partial charge in [0.1, 0.15) is 18.0 Å². The molecule has 0 atom stereocenters. The van der Waals surface area contributed by atoms with E-state index in [4.69, 9.17) is 5.26 Å². The molecule has 0 aliphatic carbocycles. The Morgan fingerprint density at radius 2 is 2.28 bits per heavy atom. The fourth-order valence-electron chi connectivity index (χ4n) is 1.46. The first-order chi connectivity index (χ1) is 8.70. The molecule has 1 heterocycles. The van der Waals surface area contributed by atoms with Crippen LogP contribution in [0.15, 0.2) is 36.8 Å². The number of anilines is 2. The zero-order valence-corrected chi connectivity index (χ0v) is 9.71. The van der Waals surface area contributed by atoms with Crippen LogP contribution in [0.3, 0.4) is 0 Å². The molecule has 1 aromatic heterocycles. The van der Waals surface area contributed by atoms with Crippen LogP contribution in [0.25, 0.3) is 0 Å². The van der Waals surface area contributed by atoms with E-state index in [2.05, 4.69) is 15.3 Å². The Morgan fingerprint density at radius 3 is 3.00 bits per heavy atom. The minimum absolute atomic E-state index is 0.0122. The van der Waals surface area contributed by atoms with Crippen LogP contribution in [-0.2, 0) is 0 Å². The summed E-state index contributed by atoms with van der Waals surface area (Å²) in [7, 11) is 0. The number of hydrogen-bond acceptors (Lipinski definition) is 5. The molecule has 0 aliphatic rings. The average molecular weight is 238 g/mol. The van der Waals surface area contributed by atoms with Crippen LogP contribution in [0.5, 0.6) is 0 Å². The van der Waals surface area contributed by atoms with Crippen LogP contribution in [-0.4, -0.2) is 15.8 Å². The number of nitrogens with one attached hydrogen (secondary N) is 1. The van der Waals surface area contributed by atoms with Gasteiger partial charge in [0, 0.05) is 11.3 Å². The second-order valence-corrected chi connectivity index (χ2v) is 3.66. The van der Waals surface area contributed by atoms with Gasteiger partial charge in [-0.1, -0.05) is 12.1 Å². The summed E-state index contributed by atoms with van der Waals surface area (Å²) < 4.78 is 0. The van der Waals surface area contributed by atoms with Crippen molar-refractivity contribution in [2.75, 3.05) is 5.32 Å². The molecule has 2 rings (SSSR count). The first kappa shape index (κ1) is 11.7. The van der Waals surface area contributed by atoms with E-state index in [1.807, 2.05) is 6.07 Å². The van der Waals surface area contributed by atoms with Crippen LogP contribution in [0.1, 0.15) is 22.8 Å². The summed E-state index contributed by atoms with van der Waals surface area (Å²) in [6, 6.07) is 9.02. The van der Waals surface area contributed by atoms with E-state index >= 15 is 0 Å². The average Bonchev–Trinajstić information content (AvgIpc) is 2.39. The Kier molecular flexibility index (Phi) is 3.30. The number of carbonyl (C=O) groups excluding carboxylic acids is 1. The topological polar surface area (TPSA) is 78.7 Å². The first-order valence-electron chi connectivity index (χ1n) is 5.29. The maximum Gasteiger partial charge on any atom is 0.159 e. The Bertz CT molecular complexity index is 631. The number of Topliss-reactive ketones (excluding diaryl/α,β-unsaturated/α-hetero) is 1. The van der Waals surface area contributed by atoms with Crippen LogP contribution in [0.4, 0.5) is 11.5 Å². The molecule has 1 aromatic carbocycles. The van der Waals surface area contributed by atoms with Gasteiger partial charge in [-0.05, 0) is 19.1 Å². The molecular weight excluding hydrogens is 228 g/mol. The summed E-state index contributed by atoms with van der Waals surface area (Å²) in [5.41, 5.74) is 1.66. The van der Waals surface area contributed by atoms with E-state index in [0.29, 0.717) is 22.6 Å². The number of aromatic nitrogens is 2. The number of rotatable bonds is 3. The number of nitriles is 1. The van der Waals surface area contributed by atoms with Gasteiger partial charge in [0.15, 0.2) is 11.6 Å². The highest BCUT2D eigenvalue weighted by Crippen LogP contribution is 2.18. The van der Waals surface area contributed by atoms with Crippen molar-refractivity contribution in [1.82, 2.24) is 9.97 Å². The summed E-state index contributed by atoms with van der Waals surface area (Å²) >= 11 is 0. The molecule has 18 heavy (non-hydrogen) atoms. The molecule has 0 bridgehead atoms. The van der Waals surface area contributed by atoms with Crippen molar-refractivity contribution in [3.05, 3.63) is 47.9 Å². The Morgan fingerprint density at radius 1 is 1.44 bits per heavy atom. The fraction of sp³-hybridized carbons (Fsp3) is 0.0769. The lowest BCUT2D eigenvalue weighted by Crippen LogP contribution is -1.99. The van der Waals surface area contributed by atoms with Gasteiger partial charge in [0.2, 0.25) is 0 Å². The number of nitrogens with zero attached hydrogens (tertiary/aromatic N) is 3. The first-order valence-corrected chi connectivity index (χ1v) is 5.29. The predicted molar refractivity (Wildman–Crippen MR) is 66.5 cm³/mol. The standard InChI is InChI=1S/C13H10N4O/c1-9(18)10-3-2-4-12(5-10)17-13-11(6-14)7-15-8-16-13/h2-5,7-8H,1H3,(H,15,16,17). The van der Waals surface area contributed by atoms with Gasteiger partial charge >= 0.3 is 0 Å². The van der Waals surface area contributed by atoms with Crippen LogP contribution in [0.2, 0.25) is 0 Å². The Hall–Kier alpha value is -2.74. The minimum atomic E-state index is -0.0122. The van der Waals surface area contributed by atoms with Crippen LogP contribution >= 0.6 is 0 Å². The van der Waals surface area contributed by atoms with Crippen molar-refractivity contribution < 1.29 is 4.79 Å². The highest BCUT2D eigenvalue weighted by Gasteiger charge is 2.05. The molecule has 1 N–H and O–H groups in total. The molecule has 88 valence electrons. The number of ketones is 1. The molecule has 0 amide bonds. The fourth-order valence-corrected chi connectivity index (χ4v) is 1.46.